The fourth-order valence-corrected chi connectivity index (χ4v) is 2.16. The summed E-state index contributed by atoms with van der Waals surface area (Å²) < 4.78 is 1.80. The van der Waals surface area contributed by atoms with Gasteiger partial charge in [-0.1, -0.05) is 0 Å². The van der Waals surface area contributed by atoms with Crippen LogP contribution in [0.25, 0.3) is 0 Å². The van der Waals surface area contributed by atoms with Crippen molar-refractivity contribution in [1.29, 1.82) is 0 Å². The van der Waals surface area contributed by atoms with Crippen LogP contribution in [0.2, 0.25) is 0 Å². The van der Waals surface area contributed by atoms with Gasteiger partial charge in [-0.25, -0.2) is 4.98 Å². The molecule has 0 aromatic carbocycles. The number of aryl methyl sites for hydroxylation is 2. The van der Waals surface area contributed by atoms with Gasteiger partial charge in [-0.05, 0) is 13.8 Å². The number of thiazole rings is 1. The van der Waals surface area contributed by atoms with Gasteiger partial charge in [-0.3, -0.25) is 4.68 Å². The molecule has 0 saturated heterocycles. The Morgan fingerprint density at radius 1 is 1.53 bits per heavy atom. The van der Waals surface area contributed by atoms with Gasteiger partial charge >= 0.3 is 0 Å². The maximum absolute atomic E-state index is 10.0. The van der Waals surface area contributed by atoms with Crippen molar-refractivity contribution in [1.82, 2.24) is 14.8 Å². The number of hydrogen-bond acceptors (Lipinski definition) is 4. The Bertz CT molecular complexity index is 449. The summed E-state index contributed by atoms with van der Waals surface area (Å²) in [5, 5.41) is 15.1. The molecule has 1 atom stereocenters. The van der Waals surface area contributed by atoms with Crippen LogP contribution in [0.3, 0.4) is 0 Å². The van der Waals surface area contributed by atoms with Crippen molar-refractivity contribution in [3.8, 4) is 0 Å². The van der Waals surface area contributed by atoms with Crippen molar-refractivity contribution in [2.24, 2.45) is 0 Å². The molecule has 80 valence electrons. The molecule has 0 spiro atoms. The molecule has 2 rings (SSSR count). The zero-order valence-corrected chi connectivity index (χ0v) is 9.53. The third-order valence-corrected chi connectivity index (χ3v) is 3.17. The van der Waals surface area contributed by atoms with Crippen molar-refractivity contribution in [2.75, 3.05) is 0 Å². The topological polar surface area (TPSA) is 50.9 Å². The van der Waals surface area contributed by atoms with Gasteiger partial charge in [0.15, 0.2) is 0 Å². The van der Waals surface area contributed by atoms with E-state index in [1.165, 1.54) is 11.3 Å². The minimum Gasteiger partial charge on any atom is -0.383 e. The molecule has 2 aromatic rings. The van der Waals surface area contributed by atoms with Gasteiger partial charge in [0, 0.05) is 24.5 Å². The second-order valence-electron chi connectivity index (χ2n) is 3.31. The Kier molecular flexibility index (Phi) is 2.83. The van der Waals surface area contributed by atoms with E-state index < -0.39 is 6.10 Å². The Morgan fingerprint density at radius 3 is 2.87 bits per heavy atom. The van der Waals surface area contributed by atoms with Crippen LogP contribution in [-0.2, 0) is 6.54 Å². The standard InChI is InChI=1S/C10H13N3OS/c1-3-13-6-8(4-12-13)10(14)9-5-11-7(2)15-9/h4-6,10,14H,3H2,1-2H3. The van der Waals surface area contributed by atoms with Gasteiger partial charge in [-0.15, -0.1) is 11.3 Å². The molecule has 0 amide bonds. The number of nitrogens with zero attached hydrogens (tertiary/aromatic N) is 3. The minimum absolute atomic E-state index is 0.600. The second kappa shape index (κ2) is 4.12. The number of hydrogen-bond donors (Lipinski definition) is 1. The van der Waals surface area contributed by atoms with Crippen molar-refractivity contribution in [3.63, 3.8) is 0 Å². The van der Waals surface area contributed by atoms with Crippen molar-refractivity contribution < 1.29 is 5.11 Å². The fourth-order valence-electron chi connectivity index (χ4n) is 1.36. The number of aromatic nitrogens is 3. The highest BCUT2D eigenvalue weighted by Gasteiger charge is 2.14. The lowest BCUT2D eigenvalue weighted by Gasteiger charge is -2.03. The van der Waals surface area contributed by atoms with E-state index in [0.717, 1.165) is 22.0 Å². The quantitative estimate of drug-likeness (QED) is 0.862. The van der Waals surface area contributed by atoms with E-state index in [1.807, 2.05) is 20.0 Å². The molecular formula is C10H13N3OS. The summed E-state index contributed by atoms with van der Waals surface area (Å²) in [4.78, 5) is 4.99. The van der Waals surface area contributed by atoms with Crippen molar-refractivity contribution in [2.45, 2.75) is 26.5 Å². The van der Waals surface area contributed by atoms with E-state index in [0.29, 0.717) is 0 Å². The molecule has 0 aliphatic carbocycles. The van der Waals surface area contributed by atoms with Gasteiger partial charge in [0.25, 0.3) is 0 Å². The summed E-state index contributed by atoms with van der Waals surface area (Å²) in [7, 11) is 0. The minimum atomic E-state index is -0.600. The fraction of sp³-hybridized carbons (Fsp3) is 0.400. The summed E-state index contributed by atoms with van der Waals surface area (Å²) >= 11 is 1.51. The SMILES string of the molecule is CCn1cc(C(O)c2cnc(C)s2)cn1. The smallest absolute Gasteiger partial charge is 0.118 e. The largest absolute Gasteiger partial charge is 0.383 e. The van der Waals surface area contributed by atoms with E-state index in [4.69, 9.17) is 0 Å². The number of aliphatic hydroxyl groups is 1. The maximum Gasteiger partial charge on any atom is 0.118 e. The van der Waals surface area contributed by atoms with E-state index in [1.54, 1.807) is 17.1 Å². The molecule has 4 nitrogen and oxygen atoms in total. The number of rotatable bonds is 3. The molecule has 0 aliphatic heterocycles. The Hall–Kier alpha value is -1.20. The molecule has 0 fully saturated rings. The summed E-state index contributed by atoms with van der Waals surface area (Å²) in [6, 6.07) is 0. The molecule has 1 unspecified atom stereocenters. The predicted molar refractivity (Wildman–Crippen MR) is 58.8 cm³/mol. The maximum atomic E-state index is 10.0. The first-order chi connectivity index (χ1) is 7.20. The molecule has 0 saturated carbocycles. The van der Waals surface area contributed by atoms with Crippen molar-refractivity contribution >= 4 is 11.3 Å². The van der Waals surface area contributed by atoms with Crippen LogP contribution in [0.5, 0.6) is 0 Å². The van der Waals surface area contributed by atoms with Gasteiger partial charge in [0.2, 0.25) is 0 Å². The average Bonchev–Trinajstić information content (AvgIpc) is 2.84. The van der Waals surface area contributed by atoms with Crippen LogP contribution in [0, 0.1) is 6.92 Å². The highest BCUT2D eigenvalue weighted by molar-refractivity contribution is 7.11. The lowest BCUT2D eigenvalue weighted by atomic mass is 10.2. The molecule has 0 bridgehead atoms. The molecular weight excluding hydrogens is 210 g/mol. The molecule has 2 heterocycles. The van der Waals surface area contributed by atoms with Crippen molar-refractivity contribution in [3.05, 3.63) is 34.0 Å². The lowest BCUT2D eigenvalue weighted by molar-refractivity contribution is 0.224. The summed E-state index contributed by atoms with van der Waals surface area (Å²) in [5.41, 5.74) is 0.820. The van der Waals surface area contributed by atoms with Crippen LogP contribution >= 0.6 is 11.3 Å². The first-order valence-electron chi connectivity index (χ1n) is 4.83. The van der Waals surface area contributed by atoms with Crippen LogP contribution in [0.4, 0.5) is 0 Å². The summed E-state index contributed by atoms with van der Waals surface area (Å²) in [6.07, 6.45) is 4.67. The Labute approximate surface area is 92.2 Å². The molecule has 5 heteroatoms. The Balaban J connectivity index is 2.23. The second-order valence-corrected chi connectivity index (χ2v) is 4.58. The third kappa shape index (κ3) is 2.08. The monoisotopic (exact) mass is 223 g/mol. The lowest BCUT2D eigenvalue weighted by Crippen LogP contribution is -1.96. The molecule has 2 aromatic heterocycles. The zero-order chi connectivity index (χ0) is 10.8. The molecule has 1 N–H and O–H groups in total. The molecule has 0 aliphatic rings. The van der Waals surface area contributed by atoms with Gasteiger partial charge in [0.05, 0.1) is 16.1 Å². The van der Waals surface area contributed by atoms with Crippen LogP contribution in [-0.4, -0.2) is 19.9 Å². The van der Waals surface area contributed by atoms with Crippen LogP contribution in [0.1, 0.15) is 28.5 Å². The van der Waals surface area contributed by atoms with E-state index in [2.05, 4.69) is 10.1 Å². The third-order valence-electron chi connectivity index (χ3n) is 2.20. The zero-order valence-electron chi connectivity index (χ0n) is 8.71. The van der Waals surface area contributed by atoms with Crippen LogP contribution < -0.4 is 0 Å². The first-order valence-corrected chi connectivity index (χ1v) is 5.65. The predicted octanol–water partition coefficient (Wildman–Crippen LogP) is 1.75. The van der Waals surface area contributed by atoms with Crippen LogP contribution in [0.15, 0.2) is 18.6 Å². The van der Waals surface area contributed by atoms with E-state index in [-0.39, 0.29) is 0 Å². The highest BCUT2D eigenvalue weighted by atomic mass is 32.1. The number of aliphatic hydroxyl groups excluding tert-OH is 1. The van der Waals surface area contributed by atoms with E-state index >= 15 is 0 Å². The normalized spacial score (nSPS) is 13.0. The molecule has 15 heavy (non-hydrogen) atoms. The Morgan fingerprint density at radius 2 is 2.33 bits per heavy atom. The first kappa shape index (κ1) is 10.3. The summed E-state index contributed by atoms with van der Waals surface area (Å²) in [5.74, 6) is 0. The highest BCUT2D eigenvalue weighted by Crippen LogP contribution is 2.25. The van der Waals surface area contributed by atoms with Gasteiger partial charge in [-0.2, -0.15) is 5.10 Å². The van der Waals surface area contributed by atoms with Gasteiger partial charge < -0.3 is 5.11 Å². The summed E-state index contributed by atoms with van der Waals surface area (Å²) in [6.45, 7) is 4.75. The average molecular weight is 223 g/mol. The van der Waals surface area contributed by atoms with E-state index in [9.17, 15) is 5.11 Å². The van der Waals surface area contributed by atoms with Gasteiger partial charge in [0.1, 0.15) is 6.10 Å². The molecule has 0 radical (unpaired) electrons.